The van der Waals surface area contributed by atoms with Crippen LogP contribution in [0, 0.1) is 0 Å². The third-order valence-corrected chi connectivity index (χ3v) is 4.52. The molecular weight excluding hydrogens is 314 g/mol. The van der Waals surface area contributed by atoms with Crippen molar-refractivity contribution >= 4 is 5.91 Å². The minimum atomic E-state index is -0.0774. The van der Waals surface area contributed by atoms with Gasteiger partial charge in [-0.05, 0) is 31.4 Å². The van der Waals surface area contributed by atoms with Gasteiger partial charge in [-0.25, -0.2) is 4.98 Å². The first-order valence-electron chi connectivity index (χ1n) is 8.51. The number of carbonyl (C=O) groups is 1. The second-order valence-corrected chi connectivity index (χ2v) is 6.16. The Morgan fingerprint density at radius 2 is 2.00 bits per heavy atom. The maximum absolute atomic E-state index is 12.9. The highest BCUT2D eigenvalue weighted by atomic mass is 16.2. The van der Waals surface area contributed by atoms with Gasteiger partial charge in [0.05, 0.1) is 11.6 Å². The van der Waals surface area contributed by atoms with Crippen LogP contribution in [0.5, 0.6) is 0 Å². The monoisotopic (exact) mass is 333 g/mol. The first-order chi connectivity index (χ1) is 12.3. The van der Waals surface area contributed by atoms with E-state index < -0.39 is 0 Å². The third kappa shape index (κ3) is 3.15. The Morgan fingerprint density at radius 1 is 1.12 bits per heavy atom. The van der Waals surface area contributed by atoms with Gasteiger partial charge in [0.2, 0.25) is 0 Å². The molecule has 2 aromatic heterocycles. The molecule has 1 unspecified atom stereocenters. The highest BCUT2D eigenvalue weighted by Crippen LogP contribution is 2.31. The van der Waals surface area contributed by atoms with Crippen molar-refractivity contribution < 1.29 is 4.79 Å². The van der Waals surface area contributed by atoms with E-state index in [0.29, 0.717) is 11.4 Å². The van der Waals surface area contributed by atoms with Crippen LogP contribution in [0.3, 0.4) is 0 Å². The first kappa shape index (κ1) is 15.5. The van der Waals surface area contributed by atoms with E-state index in [4.69, 9.17) is 0 Å². The number of nitrogens with zero attached hydrogens (tertiary/aromatic N) is 4. The lowest BCUT2D eigenvalue weighted by molar-refractivity contribution is 0.0600. The summed E-state index contributed by atoms with van der Waals surface area (Å²) in [6, 6.07) is 13.4. The van der Waals surface area contributed by atoms with Gasteiger partial charge in [-0.2, -0.15) is 5.10 Å². The van der Waals surface area contributed by atoms with Crippen LogP contribution in [0.15, 0.2) is 54.9 Å². The standard InChI is InChI=1S/C19H19N5O/c25-19(15-9-6-11-20-13-15)24-12-5-4-10-16(24)18-21-17(22-23-18)14-7-2-1-3-8-14/h1-3,6-9,11,13,16H,4-5,10,12H2,(H,21,22,23). The molecule has 3 aromatic rings. The van der Waals surface area contributed by atoms with Crippen molar-refractivity contribution in [3.8, 4) is 11.4 Å². The van der Waals surface area contributed by atoms with Gasteiger partial charge < -0.3 is 4.90 Å². The maximum atomic E-state index is 12.9. The highest BCUT2D eigenvalue weighted by molar-refractivity contribution is 5.94. The van der Waals surface area contributed by atoms with Crippen molar-refractivity contribution in [2.45, 2.75) is 25.3 Å². The van der Waals surface area contributed by atoms with E-state index in [9.17, 15) is 4.79 Å². The molecule has 0 radical (unpaired) electrons. The van der Waals surface area contributed by atoms with E-state index in [2.05, 4.69) is 20.2 Å². The molecule has 25 heavy (non-hydrogen) atoms. The zero-order valence-corrected chi connectivity index (χ0v) is 13.8. The van der Waals surface area contributed by atoms with Gasteiger partial charge in [-0.15, -0.1) is 0 Å². The molecule has 1 aromatic carbocycles. The molecule has 1 saturated heterocycles. The van der Waals surface area contributed by atoms with Crippen LogP contribution in [-0.2, 0) is 0 Å². The molecule has 0 saturated carbocycles. The number of hydrogen-bond donors (Lipinski definition) is 1. The minimum Gasteiger partial charge on any atom is -0.328 e. The number of benzene rings is 1. The lowest BCUT2D eigenvalue weighted by atomic mass is 10.0. The Morgan fingerprint density at radius 3 is 2.80 bits per heavy atom. The number of H-pyrrole nitrogens is 1. The van der Waals surface area contributed by atoms with E-state index >= 15 is 0 Å². The number of nitrogens with one attached hydrogen (secondary N) is 1. The summed E-state index contributed by atoms with van der Waals surface area (Å²) in [6.45, 7) is 0.722. The van der Waals surface area contributed by atoms with Crippen LogP contribution in [0.4, 0.5) is 0 Å². The quantitative estimate of drug-likeness (QED) is 0.798. The van der Waals surface area contributed by atoms with E-state index in [1.54, 1.807) is 24.5 Å². The summed E-state index contributed by atoms with van der Waals surface area (Å²) in [5.74, 6) is 1.40. The van der Waals surface area contributed by atoms with Crippen LogP contribution in [-0.4, -0.2) is 37.5 Å². The zero-order valence-electron chi connectivity index (χ0n) is 13.8. The average Bonchev–Trinajstić information content (AvgIpc) is 3.19. The molecule has 126 valence electrons. The largest absolute Gasteiger partial charge is 0.328 e. The highest BCUT2D eigenvalue weighted by Gasteiger charge is 2.31. The molecule has 3 heterocycles. The van der Waals surface area contributed by atoms with E-state index in [0.717, 1.165) is 37.2 Å². The van der Waals surface area contributed by atoms with Gasteiger partial charge in [-0.1, -0.05) is 30.3 Å². The molecule has 1 atom stereocenters. The lowest BCUT2D eigenvalue weighted by Crippen LogP contribution is -2.39. The summed E-state index contributed by atoms with van der Waals surface area (Å²) in [5, 5.41) is 7.38. The molecule has 0 bridgehead atoms. The van der Waals surface area contributed by atoms with Crippen molar-refractivity contribution in [1.29, 1.82) is 0 Å². The summed E-state index contributed by atoms with van der Waals surface area (Å²) in [4.78, 5) is 23.5. The molecule has 1 fully saturated rings. The second kappa shape index (κ2) is 6.84. The second-order valence-electron chi connectivity index (χ2n) is 6.16. The van der Waals surface area contributed by atoms with Gasteiger partial charge in [0.15, 0.2) is 5.82 Å². The Hall–Kier alpha value is -3.02. The fourth-order valence-electron chi connectivity index (χ4n) is 3.25. The number of piperidine rings is 1. The van der Waals surface area contributed by atoms with Crippen LogP contribution in [0.25, 0.3) is 11.4 Å². The summed E-state index contributed by atoms with van der Waals surface area (Å²) < 4.78 is 0. The molecule has 1 amide bonds. The van der Waals surface area contributed by atoms with Crippen LogP contribution >= 0.6 is 0 Å². The predicted octanol–water partition coefficient (Wildman–Crippen LogP) is 3.23. The smallest absolute Gasteiger partial charge is 0.256 e. The number of hydrogen-bond acceptors (Lipinski definition) is 4. The number of rotatable bonds is 3. The fourth-order valence-corrected chi connectivity index (χ4v) is 3.25. The van der Waals surface area contributed by atoms with Gasteiger partial charge in [0.1, 0.15) is 5.82 Å². The van der Waals surface area contributed by atoms with Crippen molar-refractivity contribution in [3.05, 3.63) is 66.2 Å². The molecule has 4 rings (SSSR count). The number of likely N-dealkylation sites (tertiary alicyclic amines) is 1. The summed E-state index contributed by atoms with van der Waals surface area (Å²) >= 11 is 0. The summed E-state index contributed by atoms with van der Waals surface area (Å²) in [6.07, 6.45) is 6.25. The number of carbonyl (C=O) groups excluding carboxylic acids is 1. The van der Waals surface area contributed by atoms with Gasteiger partial charge in [0.25, 0.3) is 5.91 Å². The zero-order chi connectivity index (χ0) is 17.1. The van der Waals surface area contributed by atoms with E-state index in [-0.39, 0.29) is 11.9 Å². The average molecular weight is 333 g/mol. The topological polar surface area (TPSA) is 74.8 Å². The third-order valence-electron chi connectivity index (χ3n) is 4.52. The molecule has 6 nitrogen and oxygen atoms in total. The molecule has 1 aliphatic rings. The van der Waals surface area contributed by atoms with Crippen LogP contribution < -0.4 is 0 Å². The Balaban J connectivity index is 1.62. The normalized spacial score (nSPS) is 17.4. The molecule has 0 spiro atoms. The Labute approximate surface area is 145 Å². The van der Waals surface area contributed by atoms with Crippen molar-refractivity contribution in [3.63, 3.8) is 0 Å². The number of amides is 1. The molecule has 6 heteroatoms. The molecular formula is C19H19N5O. The Kier molecular flexibility index (Phi) is 4.24. The first-order valence-corrected chi connectivity index (χ1v) is 8.51. The predicted molar refractivity (Wildman–Crippen MR) is 93.7 cm³/mol. The van der Waals surface area contributed by atoms with Gasteiger partial charge in [0, 0.05) is 24.5 Å². The lowest BCUT2D eigenvalue weighted by Gasteiger charge is -2.34. The summed E-state index contributed by atoms with van der Waals surface area (Å²) in [7, 11) is 0. The minimum absolute atomic E-state index is 0.00420. The Bertz CT molecular complexity index is 847. The molecule has 1 aliphatic heterocycles. The number of aromatic nitrogens is 4. The van der Waals surface area contributed by atoms with Crippen molar-refractivity contribution in [1.82, 2.24) is 25.1 Å². The van der Waals surface area contributed by atoms with Crippen molar-refractivity contribution in [2.24, 2.45) is 0 Å². The molecule has 0 aliphatic carbocycles. The molecule has 1 N–H and O–H groups in total. The van der Waals surface area contributed by atoms with E-state index in [1.165, 1.54) is 0 Å². The van der Waals surface area contributed by atoms with Crippen LogP contribution in [0.2, 0.25) is 0 Å². The van der Waals surface area contributed by atoms with E-state index in [1.807, 2.05) is 35.2 Å². The number of aromatic amines is 1. The fraction of sp³-hybridized carbons (Fsp3) is 0.263. The van der Waals surface area contributed by atoms with Gasteiger partial charge >= 0.3 is 0 Å². The number of pyridine rings is 1. The SMILES string of the molecule is O=C(c1cccnc1)N1CCCCC1c1nc(-c2ccccc2)n[nH]1. The van der Waals surface area contributed by atoms with Gasteiger partial charge in [-0.3, -0.25) is 14.9 Å². The van der Waals surface area contributed by atoms with Crippen molar-refractivity contribution in [2.75, 3.05) is 6.54 Å². The maximum Gasteiger partial charge on any atom is 0.256 e. The van der Waals surface area contributed by atoms with Crippen LogP contribution in [0.1, 0.15) is 41.5 Å². The summed E-state index contributed by atoms with van der Waals surface area (Å²) in [5.41, 5.74) is 1.57.